The summed E-state index contributed by atoms with van der Waals surface area (Å²) in [6.07, 6.45) is 1.34. The van der Waals surface area contributed by atoms with Crippen molar-refractivity contribution in [1.29, 1.82) is 0 Å². The van der Waals surface area contributed by atoms with Crippen LogP contribution in [-0.2, 0) is 21.8 Å². The number of aryl methyl sites for hydroxylation is 1. The summed E-state index contributed by atoms with van der Waals surface area (Å²) in [6, 6.07) is 18.0. The first-order valence-corrected chi connectivity index (χ1v) is 11.8. The highest BCUT2D eigenvalue weighted by Crippen LogP contribution is 2.18. The largest absolute Gasteiger partial charge is 0.352 e. The smallest absolute Gasteiger partial charge is 0.242 e. The molecule has 0 fully saturated rings. The van der Waals surface area contributed by atoms with Crippen LogP contribution in [0.3, 0.4) is 0 Å². The van der Waals surface area contributed by atoms with E-state index in [2.05, 4.69) is 36.5 Å². The fourth-order valence-electron chi connectivity index (χ4n) is 3.38. The lowest BCUT2D eigenvalue weighted by Gasteiger charge is -2.31. The van der Waals surface area contributed by atoms with E-state index in [-0.39, 0.29) is 17.9 Å². The summed E-state index contributed by atoms with van der Waals surface area (Å²) < 4.78 is 0. The zero-order chi connectivity index (χ0) is 21.9. The van der Waals surface area contributed by atoms with E-state index in [0.29, 0.717) is 18.7 Å². The summed E-state index contributed by atoms with van der Waals surface area (Å²) in [6.45, 7) is 8.48. The van der Waals surface area contributed by atoms with Crippen LogP contribution in [-0.4, -0.2) is 41.1 Å². The van der Waals surface area contributed by atoms with Crippen molar-refractivity contribution in [3.05, 3.63) is 71.3 Å². The van der Waals surface area contributed by atoms with Crippen LogP contribution in [0.4, 0.5) is 0 Å². The van der Waals surface area contributed by atoms with Crippen molar-refractivity contribution in [1.82, 2.24) is 10.2 Å². The Kier molecular flexibility index (Phi) is 9.95. The Balaban J connectivity index is 2.06. The first-order chi connectivity index (χ1) is 14.4. The molecule has 0 saturated heterocycles. The molecule has 2 aromatic rings. The molecule has 162 valence electrons. The Hall–Kier alpha value is -2.27. The quantitative estimate of drug-likeness (QED) is 0.571. The lowest BCUT2D eigenvalue weighted by molar-refractivity contribution is -0.139. The second-order valence-electron chi connectivity index (χ2n) is 7.83. The van der Waals surface area contributed by atoms with Gasteiger partial charge in [-0.3, -0.25) is 9.59 Å². The first-order valence-electron chi connectivity index (χ1n) is 10.7. The Bertz CT molecular complexity index is 808. The number of hydrogen-bond donors (Lipinski definition) is 1. The summed E-state index contributed by atoms with van der Waals surface area (Å²) in [5, 5.41) is 2.98. The zero-order valence-electron chi connectivity index (χ0n) is 18.6. The normalized spacial score (nSPS) is 11.9. The van der Waals surface area contributed by atoms with Gasteiger partial charge in [-0.25, -0.2) is 0 Å². The molecule has 2 aromatic carbocycles. The van der Waals surface area contributed by atoms with E-state index in [0.717, 1.165) is 12.2 Å². The molecule has 0 aromatic heterocycles. The number of benzene rings is 2. The molecule has 0 radical (unpaired) electrons. The lowest BCUT2D eigenvalue weighted by Crippen LogP contribution is -2.52. The molecule has 0 heterocycles. The number of thioether (sulfide) groups is 1. The second-order valence-corrected chi connectivity index (χ2v) is 8.81. The molecule has 30 heavy (non-hydrogen) atoms. The average Bonchev–Trinajstić information content (AvgIpc) is 2.72. The average molecular weight is 427 g/mol. The number of nitrogens with zero attached hydrogens (tertiary/aromatic N) is 1. The van der Waals surface area contributed by atoms with Crippen molar-refractivity contribution in [2.24, 2.45) is 0 Å². The van der Waals surface area contributed by atoms with Crippen molar-refractivity contribution >= 4 is 23.6 Å². The molecular formula is C25H34N2O2S. The Morgan fingerprint density at radius 3 is 2.33 bits per heavy atom. The molecule has 1 atom stereocenters. The van der Waals surface area contributed by atoms with Crippen LogP contribution in [0.15, 0.2) is 54.6 Å². The van der Waals surface area contributed by atoms with Crippen LogP contribution in [0.25, 0.3) is 0 Å². The number of hydrogen-bond acceptors (Lipinski definition) is 3. The highest BCUT2D eigenvalue weighted by atomic mass is 32.2. The minimum atomic E-state index is -0.442. The topological polar surface area (TPSA) is 49.4 Å². The van der Waals surface area contributed by atoms with Gasteiger partial charge >= 0.3 is 0 Å². The maximum atomic E-state index is 13.2. The number of amides is 2. The van der Waals surface area contributed by atoms with Gasteiger partial charge in [-0.05, 0) is 50.3 Å². The standard InChI is InChI=1S/C25H34N2O2S/c1-5-23(25(29)26-19(2)3)27(16-15-21-12-7-6-8-13-21)24(28)18-30-17-22-14-10-9-11-20(22)4/h6-14,19,23H,5,15-18H2,1-4H3,(H,26,29). The minimum absolute atomic E-state index is 0.0234. The van der Waals surface area contributed by atoms with E-state index in [9.17, 15) is 9.59 Å². The van der Waals surface area contributed by atoms with Gasteiger partial charge in [-0.15, -0.1) is 11.8 Å². The van der Waals surface area contributed by atoms with Crippen LogP contribution in [0.5, 0.6) is 0 Å². The van der Waals surface area contributed by atoms with Gasteiger partial charge in [-0.1, -0.05) is 61.5 Å². The van der Waals surface area contributed by atoms with Crippen molar-refractivity contribution < 1.29 is 9.59 Å². The zero-order valence-corrected chi connectivity index (χ0v) is 19.4. The maximum Gasteiger partial charge on any atom is 0.242 e. The monoisotopic (exact) mass is 426 g/mol. The molecule has 0 aliphatic rings. The van der Waals surface area contributed by atoms with E-state index in [1.54, 1.807) is 16.7 Å². The lowest BCUT2D eigenvalue weighted by atomic mass is 10.1. The highest BCUT2D eigenvalue weighted by molar-refractivity contribution is 7.99. The van der Waals surface area contributed by atoms with Crippen molar-refractivity contribution in [3.8, 4) is 0 Å². The maximum absolute atomic E-state index is 13.2. The molecule has 2 rings (SSSR count). The fraction of sp³-hybridized carbons (Fsp3) is 0.440. The summed E-state index contributed by atoms with van der Waals surface area (Å²) in [7, 11) is 0. The van der Waals surface area contributed by atoms with E-state index >= 15 is 0 Å². The Morgan fingerprint density at radius 2 is 1.70 bits per heavy atom. The third-order valence-corrected chi connectivity index (χ3v) is 6.01. The van der Waals surface area contributed by atoms with Gasteiger partial charge in [0.25, 0.3) is 0 Å². The molecule has 1 N–H and O–H groups in total. The molecule has 0 bridgehead atoms. The number of carbonyl (C=O) groups excluding carboxylic acids is 2. The molecule has 0 spiro atoms. The molecule has 0 saturated carbocycles. The van der Waals surface area contributed by atoms with Gasteiger partial charge < -0.3 is 10.2 Å². The van der Waals surface area contributed by atoms with Crippen LogP contribution >= 0.6 is 11.8 Å². The minimum Gasteiger partial charge on any atom is -0.352 e. The van der Waals surface area contributed by atoms with Crippen LogP contribution in [0, 0.1) is 6.92 Å². The van der Waals surface area contributed by atoms with Crippen molar-refractivity contribution in [3.63, 3.8) is 0 Å². The molecule has 1 unspecified atom stereocenters. The predicted molar refractivity (Wildman–Crippen MR) is 127 cm³/mol. The Labute approximate surface area is 185 Å². The van der Waals surface area contributed by atoms with Gasteiger partial charge in [0.2, 0.25) is 11.8 Å². The first kappa shape index (κ1) is 24.0. The van der Waals surface area contributed by atoms with Gasteiger partial charge in [0, 0.05) is 18.3 Å². The van der Waals surface area contributed by atoms with E-state index in [4.69, 9.17) is 0 Å². The van der Waals surface area contributed by atoms with Gasteiger partial charge in [0.05, 0.1) is 5.75 Å². The highest BCUT2D eigenvalue weighted by Gasteiger charge is 2.28. The second kappa shape index (κ2) is 12.4. The van der Waals surface area contributed by atoms with Crippen LogP contribution < -0.4 is 5.32 Å². The molecule has 0 aliphatic heterocycles. The number of rotatable bonds is 11. The third kappa shape index (κ3) is 7.52. The molecule has 0 aliphatic carbocycles. The molecule has 5 heteroatoms. The SMILES string of the molecule is CCC(C(=O)NC(C)C)N(CCc1ccccc1)C(=O)CSCc1ccccc1C. The summed E-state index contributed by atoms with van der Waals surface area (Å²) in [5.74, 6) is 1.11. The summed E-state index contributed by atoms with van der Waals surface area (Å²) >= 11 is 1.61. The van der Waals surface area contributed by atoms with Gasteiger partial charge in [0.1, 0.15) is 6.04 Å². The number of nitrogens with one attached hydrogen (secondary N) is 1. The fourth-order valence-corrected chi connectivity index (χ4v) is 4.37. The molecule has 2 amide bonds. The van der Waals surface area contributed by atoms with Crippen LogP contribution in [0.2, 0.25) is 0 Å². The third-order valence-electron chi connectivity index (χ3n) is 5.05. The molecular weight excluding hydrogens is 392 g/mol. The van der Waals surface area contributed by atoms with Crippen LogP contribution in [0.1, 0.15) is 43.9 Å². The molecule has 4 nitrogen and oxygen atoms in total. The van der Waals surface area contributed by atoms with Crippen molar-refractivity contribution in [2.45, 2.75) is 58.4 Å². The van der Waals surface area contributed by atoms with Gasteiger partial charge in [0.15, 0.2) is 0 Å². The van der Waals surface area contributed by atoms with Gasteiger partial charge in [-0.2, -0.15) is 0 Å². The van der Waals surface area contributed by atoms with E-state index in [1.807, 2.05) is 51.1 Å². The summed E-state index contributed by atoms with van der Waals surface area (Å²) in [4.78, 5) is 27.7. The Morgan fingerprint density at radius 1 is 1.03 bits per heavy atom. The van der Waals surface area contributed by atoms with Crippen molar-refractivity contribution in [2.75, 3.05) is 12.3 Å². The van der Waals surface area contributed by atoms with E-state index < -0.39 is 6.04 Å². The summed E-state index contributed by atoms with van der Waals surface area (Å²) in [5.41, 5.74) is 3.65. The number of carbonyl (C=O) groups is 2. The predicted octanol–water partition coefficient (Wildman–Crippen LogP) is 4.60. The van der Waals surface area contributed by atoms with E-state index in [1.165, 1.54) is 16.7 Å².